The molecule has 1 N–H and O–H groups in total. The first-order valence-corrected chi connectivity index (χ1v) is 8.86. The Kier molecular flexibility index (Phi) is 5.19. The van der Waals surface area contributed by atoms with Gasteiger partial charge in [-0.2, -0.15) is 10.1 Å². The Bertz CT molecular complexity index is 1040. The standard InChI is InChI=1S/C20H18N6O2/c27-18(8-9-19-24-20(25-28-19)17-7-1-2-10-21-17)23-16-6-3-5-15(13-16)14-26-12-4-11-22-26/h1-7,10-13H,8-9,14H2,(H,23,27). The summed E-state index contributed by atoms with van der Waals surface area (Å²) in [4.78, 5) is 20.7. The molecular weight excluding hydrogens is 356 g/mol. The van der Waals surface area contributed by atoms with Crippen LogP contribution in [0.15, 0.2) is 71.6 Å². The van der Waals surface area contributed by atoms with Crippen molar-refractivity contribution in [3.63, 3.8) is 0 Å². The smallest absolute Gasteiger partial charge is 0.227 e. The molecule has 0 radical (unpaired) electrons. The van der Waals surface area contributed by atoms with Crippen LogP contribution in [0.3, 0.4) is 0 Å². The van der Waals surface area contributed by atoms with Gasteiger partial charge in [-0.05, 0) is 35.9 Å². The molecule has 8 nitrogen and oxygen atoms in total. The van der Waals surface area contributed by atoms with Crippen molar-refractivity contribution in [2.75, 3.05) is 5.32 Å². The summed E-state index contributed by atoms with van der Waals surface area (Å²) in [5, 5.41) is 11.0. The minimum atomic E-state index is -0.117. The van der Waals surface area contributed by atoms with Crippen LogP contribution in [0.4, 0.5) is 5.69 Å². The zero-order valence-corrected chi connectivity index (χ0v) is 15.0. The Labute approximate surface area is 161 Å². The lowest BCUT2D eigenvalue weighted by molar-refractivity contribution is -0.116. The van der Waals surface area contributed by atoms with Gasteiger partial charge in [0.15, 0.2) is 0 Å². The third-order valence-corrected chi connectivity index (χ3v) is 4.04. The number of aromatic nitrogens is 5. The SMILES string of the molecule is O=C(CCc1nc(-c2ccccn2)no1)Nc1cccc(Cn2cccn2)c1. The first kappa shape index (κ1) is 17.6. The van der Waals surface area contributed by atoms with Crippen LogP contribution in [-0.4, -0.2) is 30.8 Å². The van der Waals surface area contributed by atoms with E-state index in [1.54, 1.807) is 18.5 Å². The van der Waals surface area contributed by atoms with Crippen LogP contribution in [-0.2, 0) is 17.8 Å². The van der Waals surface area contributed by atoms with E-state index in [0.717, 1.165) is 11.3 Å². The molecule has 3 aromatic heterocycles. The summed E-state index contributed by atoms with van der Waals surface area (Å²) < 4.78 is 7.04. The van der Waals surface area contributed by atoms with Crippen molar-refractivity contribution in [3.05, 3.63) is 78.6 Å². The van der Waals surface area contributed by atoms with Crippen LogP contribution in [0.1, 0.15) is 17.9 Å². The number of aryl methyl sites for hydroxylation is 1. The molecule has 0 saturated carbocycles. The molecule has 140 valence electrons. The number of nitrogens with zero attached hydrogens (tertiary/aromatic N) is 5. The Morgan fingerprint density at radius 2 is 2.07 bits per heavy atom. The number of hydrogen-bond donors (Lipinski definition) is 1. The third kappa shape index (κ3) is 4.47. The lowest BCUT2D eigenvalue weighted by Gasteiger charge is -2.07. The maximum absolute atomic E-state index is 12.3. The number of pyridine rings is 1. The van der Waals surface area contributed by atoms with Crippen molar-refractivity contribution in [2.45, 2.75) is 19.4 Å². The number of benzene rings is 1. The van der Waals surface area contributed by atoms with E-state index in [4.69, 9.17) is 4.52 Å². The van der Waals surface area contributed by atoms with Gasteiger partial charge in [0.25, 0.3) is 0 Å². The lowest BCUT2D eigenvalue weighted by Crippen LogP contribution is -2.12. The fraction of sp³-hybridized carbons (Fsp3) is 0.150. The van der Waals surface area contributed by atoms with E-state index >= 15 is 0 Å². The first-order valence-electron chi connectivity index (χ1n) is 8.86. The highest BCUT2D eigenvalue weighted by Gasteiger charge is 2.11. The highest BCUT2D eigenvalue weighted by molar-refractivity contribution is 5.90. The van der Waals surface area contributed by atoms with E-state index in [0.29, 0.717) is 30.4 Å². The summed E-state index contributed by atoms with van der Waals surface area (Å²) in [7, 11) is 0. The monoisotopic (exact) mass is 374 g/mol. The molecule has 0 unspecified atom stereocenters. The molecule has 1 amide bonds. The number of carbonyl (C=O) groups excluding carboxylic acids is 1. The van der Waals surface area contributed by atoms with Gasteiger partial charge in [-0.1, -0.05) is 23.4 Å². The van der Waals surface area contributed by atoms with Crippen LogP contribution in [0.2, 0.25) is 0 Å². The van der Waals surface area contributed by atoms with E-state index in [2.05, 4.69) is 25.5 Å². The Balaban J connectivity index is 1.32. The van der Waals surface area contributed by atoms with Crippen molar-refractivity contribution >= 4 is 11.6 Å². The number of hydrogen-bond acceptors (Lipinski definition) is 6. The third-order valence-electron chi connectivity index (χ3n) is 4.04. The largest absolute Gasteiger partial charge is 0.339 e. The predicted molar refractivity (Wildman–Crippen MR) is 102 cm³/mol. The summed E-state index contributed by atoms with van der Waals surface area (Å²) in [5.74, 6) is 0.708. The highest BCUT2D eigenvalue weighted by atomic mass is 16.5. The van der Waals surface area contributed by atoms with Crippen LogP contribution in [0.25, 0.3) is 11.5 Å². The number of anilines is 1. The van der Waals surface area contributed by atoms with E-state index in [9.17, 15) is 4.79 Å². The van der Waals surface area contributed by atoms with Crippen LogP contribution in [0.5, 0.6) is 0 Å². The molecule has 0 fully saturated rings. The summed E-state index contributed by atoms with van der Waals surface area (Å²) in [5.41, 5.74) is 2.43. The van der Waals surface area contributed by atoms with Gasteiger partial charge in [0.05, 0.1) is 6.54 Å². The summed E-state index contributed by atoms with van der Waals surface area (Å²) in [6.07, 6.45) is 5.91. The van der Waals surface area contributed by atoms with Crippen molar-refractivity contribution in [1.29, 1.82) is 0 Å². The van der Waals surface area contributed by atoms with Crippen molar-refractivity contribution in [1.82, 2.24) is 24.9 Å². The number of nitrogens with one attached hydrogen (secondary N) is 1. The summed E-state index contributed by atoms with van der Waals surface area (Å²) in [6.45, 7) is 0.648. The Morgan fingerprint density at radius 3 is 2.89 bits per heavy atom. The quantitative estimate of drug-likeness (QED) is 0.534. The molecule has 0 bridgehead atoms. The zero-order valence-electron chi connectivity index (χ0n) is 15.0. The second-order valence-electron chi connectivity index (χ2n) is 6.18. The molecule has 0 aliphatic carbocycles. The van der Waals surface area contributed by atoms with Gasteiger partial charge in [0, 0.05) is 37.1 Å². The zero-order chi connectivity index (χ0) is 19.2. The van der Waals surface area contributed by atoms with Crippen LogP contribution >= 0.6 is 0 Å². The molecule has 0 saturated heterocycles. The van der Waals surface area contributed by atoms with E-state index in [-0.39, 0.29) is 12.3 Å². The molecule has 0 spiro atoms. The maximum atomic E-state index is 12.3. The van der Waals surface area contributed by atoms with Gasteiger partial charge >= 0.3 is 0 Å². The highest BCUT2D eigenvalue weighted by Crippen LogP contribution is 2.14. The second-order valence-corrected chi connectivity index (χ2v) is 6.18. The average Bonchev–Trinajstić information content (AvgIpc) is 3.39. The molecule has 8 heteroatoms. The van der Waals surface area contributed by atoms with Crippen LogP contribution in [0, 0.1) is 0 Å². The molecular formula is C20H18N6O2. The minimum absolute atomic E-state index is 0.117. The van der Waals surface area contributed by atoms with Gasteiger partial charge < -0.3 is 9.84 Å². The van der Waals surface area contributed by atoms with E-state index in [1.807, 2.05) is 53.3 Å². The second kappa shape index (κ2) is 8.26. The Morgan fingerprint density at radius 1 is 1.11 bits per heavy atom. The van der Waals surface area contributed by atoms with E-state index < -0.39 is 0 Å². The normalized spacial score (nSPS) is 10.7. The van der Waals surface area contributed by atoms with E-state index in [1.165, 1.54) is 0 Å². The summed E-state index contributed by atoms with van der Waals surface area (Å²) in [6, 6.07) is 15.0. The van der Waals surface area contributed by atoms with Crippen LogP contribution < -0.4 is 5.32 Å². The minimum Gasteiger partial charge on any atom is -0.339 e. The fourth-order valence-corrected chi connectivity index (χ4v) is 2.73. The topological polar surface area (TPSA) is 98.7 Å². The summed E-state index contributed by atoms with van der Waals surface area (Å²) >= 11 is 0. The molecule has 4 rings (SSSR count). The molecule has 0 aliphatic heterocycles. The average molecular weight is 374 g/mol. The van der Waals surface area contributed by atoms with Gasteiger partial charge in [-0.15, -0.1) is 0 Å². The maximum Gasteiger partial charge on any atom is 0.227 e. The molecule has 28 heavy (non-hydrogen) atoms. The van der Waals surface area contributed by atoms with Crippen molar-refractivity contribution < 1.29 is 9.32 Å². The number of amides is 1. The molecule has 0 aliphatic rings. The van der Waals surface area contributed by atoms with Crippen molar-refractivity contribution in [2.24, 2.45) is 0 Å². The Hall–Kier alpha value is -3.81. The molecule has 1 aromatic carbocycles. The lowest BCUT2D eigenvalue weighted by atomic mass is 10.2. The fourth-order valence-electron chi connectivity index (χ4n) is 2.73. The molecule has 4 aromatic rings. The van der Waals surface area contributed by atoms with Gasteiger partial charge in [-0.25, -0.2) is 0 Å². The predicted octanol–water partition coefficient (Wildman–Crippen LogP) is 2.95. The van der Waals surface area contributed by atoms with Gasteiger partial charge in [-0.3, -0.25) is 14.5 Å². The van der Waals surface area contributed by atoms with Gasteiger partial charge in [0.2, 0.25) is 17.6 Å². The van der Waals surface area contributed by atoms with Gasteiger partial charge in [0.1, 0.15) is 5.69 Å². The first-order chi connectivity index (χ1) is 13.8. The molecule has 3 heterocycles. The number of rotatable bonds is 7. The molecule has 0 atom stereocenters. The van der Waals surface area contributed by atoms with Crippen molar-refractivity contribution in [3.8, 4) is 11.5 Å². The number of carbonyl (C=O) groups is 1.